The number of imide groups is 1. The van der Waals surface area contributed by atoms with Crippen LogP contribution in [-0.2, 0) is 16.0 Å². The van der Waals surface area contributed by atoms with E-state index < -0.39 is 17.9 Å². The quantitative estimate of drug-likeness (QED) is 0.480. The average molecular weight is 360 g/mol. The van der Waals surface area contributed by atoms with Crippen molar-refractivity contribution >= 4 is 24.1 Å². The molecule has 0 aromatic heterocycles. The van der Waals surface area contributed by atoms with Crippen LogP contribution in [0.3, 0.4) is 0 Å². The molecule has 3 N–H and O–H groups in total. The van der Waals surface area contributed by atoms with Crippen LogP contribution in [0.15, 0.2) is 29.4 Å². The van der Waals surface area contributed by atoms with Gasteiger partial charge in [-0.1, -0.05) is 19.1 Å². The summed E-state index contributed by atoms with van der Waals surface area (Å²) in [4.78, 5) is 34.7. The monoisotopic (exact) mass is 360 g/mol. The Balaban J connectivity index is 1.75. The molecule has 0 bridgehead atoms. The molecule has 1 aliphatic rings. The number of ether oxygens (including phenoxy) is 1. The van der Waals surface area contributed by atoms with Crippen LogP contribution >= 0.6 is 0 Å². The summed E-state index contributed by atoms with van der Waals surface area (Å²) in [5.41, 5.74) is 3.43. The zero-order chi connectivity index (χ0) is 18.9. The van der Waals surface area contributed by atoms with Crippen LogP contribution < -0.4 is 20.8 Å². The second kappa shape index (κ2) is 9.55. The summed E-state index contributed by atoms with van der Waals surface area (Å²) in [5.74, 6) is -0.495. The van der Waals surface area contributed by atoms with Crippen LogP contribution in [0.5, 0.6) is 5.75 Å². The molecule has 0 radical (unpaired) electrons. The first kappa shape index (κ1) is 19.4. The molecule has 140 valence electrons. The Morgan fingerprint density at radius 1 is 1.31 bits per heavy atom. The number of carbonyl (C=O) groups is 3. The number of hydrogen-bond acceptors (Lipinski definition) is 5. The van der Waals surface area contributed by atoms with E-state index in [1.807, 2.05) is 31.2 Å². The minimum atomic E-state index is -0.622. The lowest BCUT2D eigenvalue weighted by atomic mass is 10.0. The topological polar surface area (TPSA) is 109 Å². The number of nitrogens with zero attached hydrogens (tertiary/aromatic N) is 1. The molecular formula is C18H24N4O4. The molecular weight excluding hydrogens is 336 g/mol. The van der Waals surface area contributed by atoms with E-state index in [4.69, 9.17) is 4.74 Å². The van der Waals surface area contributed by atoms with E-state index in [-0.39, 0.29) is 18.4 Å². The second-order valence-corrected chi connectivity index (χ2v) is 6.08. The first-order valence-corrected chi connectivity index (χ1v) is 8.64. The first-order valence-electron chi connectivity index (χ1n) is 8.64. The van der Waals surface area contributed by atoms with Crippen molar-refractivity contribution in [3.8, 4) is 5.75 Å². The van der Waals surface area contributed by atoms with E-state index >= 15 is 0 Å². The molecule has 2 rings (SSSR count). The lowest BCUT2D eigenvalue weighted by Gasteiger charge is -2.25. The molecule has 8 nitrogen and oxygen atoms in total. The molecule has 1 fully saturated rings. The molecule has 26 heavy (non-hydrogen) atoms. The van der Waals surface area contributed by atoms with Gasteiger partial charge in [0.15, 0.2) is 0 Å². The van der Waals surface area contributed by atoms with Crippen LogP contribution in [-0.4, -0.2) is 36.7 Å². The van der Waals surface area contributed by atoms with E-state index in [9.17, 15) is 14.4 Å². The maximum atomic E-state index is 11.9. The Labute approximate surface area is 152 Å². The number of nitrogens with one attached hydrogen (secondary N) is 3. The minimum Gasteiger partial charge on any atom is -0.494 e. The Morgan fingerprint density at radius 2 is 2.04 bits per heavy atom. The number of rotatable bonds is 8. The van der Waals surface area contributed by atoms with Gasteiger partial charge in [0.2, 0.25) is 11.8 Å². The largest absolute Gasteiger partial charge is 0.494 e. The molecule has 0 aliphatic carbocycles. The molecule has 1 heterocycles. The van der Waals surface area contributed by atoms with E-state index in [0.717, 1.165) is 17.7 Å². The fourth-order valence-corrected chi connectivity index (χ4v) is 2.43. The Kier molecular flexibility index (Phi) is 7.13. The molecule has 1 aliphatic heterocycles. The van der Waals surface area contributed by atoms with Crippen molar-refractivity contribution in [3.63, 3.8) is 0 Å². The van der Waals surface area contributed by atoms with Crippen molar-refractivity contribution in [1.29, 1.82) is 0 Å². The summed E-state index contributed by atoms with van der Waals surface area (Å²) in [5, 5.41) is 8.56. The third kappa shape index (κ3) is 5.87. The van der Waals surface area contributed by atoms with Crippen LogP contribution in [0.1, 0.15) is 32.3 Å². The third-order valence-electron chi connectivity index (χ3n) is 3.90. The van der Waals surface area contributed by atoms with Crippen LogP contribution in [0.2, 0.25) is 0 Å². The van der Waals surface area contributed by atoms with Gasteiger partial charge in [0.25, 0.3) is 0 Å². The van der Waals surface area contributed by atoms with Gasteiger partial charge in [0.1, 0.15) is 5.75 Å². The number of hydrogen-bond donors (Lipinski definition) is 3. The lowest BCUT2D eigenvalue weighted by molar-refractivity contribution is -0.123. The van der Waals surface area contributed by atoms with E-state index in [1.54, 1.807) is 6.92 Å². The van der Waals surface area contributed by atoms with Crippen LogP contribution in [0, 0.1) is 5.92 Å². The molecule has 1 aromatic carbocycles. The normalized spacial score (nSPS) is 19.8. The number of aryl methyl sites for hydroxylation is 1. The first-order chi connectivity index (χ1) is 12.5. The molecule has 2 atom stereocenters. The van der Waals surface area contributed by atoms with Crippen LogP contribution in [0.25, 0.3) is 0 Å². The van der Waals surface area contributed by atoms with Gasteiger partial charge in [-0.15, -0.1) is 0 Å². The van der Waals surface area contributed by atoms with E-state index in [2.05, 4.69) is 21.2 Å². The molecule has 2 unspecified atom stereocenters. The SMILES string of the molecule is CCCOc1ccc(CCC(=O)NN=CC2C(=O)NC(=O)NC2C)cc1. The van der Waals surface area contributed by atoms with Gasteiger partial charge in [-0.3, -0.25) is 14.9 Å². The fraction of sp³-hybridized carbons (Fsp3) is 0.444. The van der Waals surface area contributed by atoms with Gasteiger partial charge in [-0.25, -0.2) is 10.2 Å². The highest BCUT2D eigenvalue weighted by molar-refractivity contribution is 6.05. The summed E-state index contributed by atoms with van der Waals surface area (Å²) in [6, 6.07) is 6.72. The number of hydrazone groups is 1. The van der Waals surface area contributed by atoms with E-state index in [1.165, 1.54) is 6.21 Å². The van der Waals surface area contributed by atoms with Gasteiger partial charge >= 0.3 is 6.03 Å². The van der Waals surface area contributed by atoms with Gasteiger partial charge in [0.05, 0.1) is 12.5 Å². The molecule has 0 spiro atoms. The minimum absolute atomic E-state index is 0.250. The van der Waals surface area contributed by atoms with Crippen molar-refractivity contribution in [1.82, 2.24) is 16.1 Å². The third-order valence-corrected chi connectivity index (χ3v) is 3.90. The Hall–Kier alpha value is -2.90. The number of urea groups is 1. The zero-order valence-corrected chi connectivity index (χ0v) is 15.0. The maximum Gasteiger partial charge on any atom is 0.321 e. The Morgan fingerprint density at radius 3 is 2.69 bits per heavy atom. The van der Waals surface area contributed by atoms with Gasteiger partial charge in [0, 0.05) is 18.7 Å². The molecule has 1 aromatic rings. The molecule has 1 saturated heterocycles. The van der Waals surface area contributed by atoms with Crippen molar-refractivity contribution < 1.29 is 19.1 Å². The number of benzene rings is 1. The summed E-state index contributed by atoms with van der Waals surface area (Å²) < 4.78 is 5.51. The highest BCUT2D eigenvalue weighted by Gasteiger charge is 2.31. The summed E-state index contributed by atoms with van der Waals surface area (Å²) in [7, 11) is 0. The lowest BCUT2D eigenvalue weighted by Crippen LogP contribution is -2.57. The second-order valence-electron chi connectivity index (χ2n) is 6.08. The van der Waals surface area contributed by atoms with Gasteiger partial charge in [-0.05, 0) is 37.5 Å². The summed E-state index contributed by atoms with van der Waals surface area (Å²) >= 11 is 0. The average Bonchev–Trinajstić information content (AvgIpc) is 2.61. The van der Waals surface area contributed by atoms with Crippen molar-refractivity contribution in [2.45, 2.75) is 39.2 Å². The number of amides is 4. The fourth-order valence-electron chi connectivity index (χ4n) is 2.43. The zero-order valence-electron chi connectivity index (χ0n) is 15.0. The predicted octanol–water partition coefficient (Wildman–Crippen LogP) is 1.35. The molecule has 4 amide bonds. The highest BCUT2D eigenvalue weighted by atomic mass is 16.5. The summed E-state index contributed by atoms with van der Waals surface area (Å²) in [6.07, 6.45) is 3.13. The maximum absolute atomic E-state index is 11.9. The Bertz CT molecular complexity index is 672. The van der Waals surface area contributed by atoms with Crippen molar-refractivity contribution in [2.75, 3.05) is 6.61 Å². The van der Waals surface area contributed by atoms with Crippen molar-refractivity contribution in [3.05, 3.63) is 29.8 Å². The van der Waals surface area contributed by atoms with Gasteiger partial charge < -0.3 is 10.1 Å². The standard InChI is InChI=1S/C18H24N4O4/c1-3-10-26-14-7-4-13(5-8-14)6-9-16(23)22-19-11-15-12(2)20-18(25)21-17(15)24/h4-5,7-8,11-12,15H,3,6,9-10H2,1-2H3,(H,22,23)(H2,20,21,24,25). The molecule has 0 saturated carbocycles. The van der Waals surface area contributed by atoms with Crippen LogP contribution in [0.4, 0.5) is 4.79 Å². The number of carbonyl (C=O) groups excluding carboxylic acids is 3. The smallest absolute Gasteiger partial charge is 0.321 e. The van der Waals surface area contributed by atoms with Gasteiger partial charge in [-0.2, -0.15) is 5.10 Å². The predicted molar refractivity (Wildman–Crippen MR) is 96.8 cm³/mol. The van der Waals surface area contributed by atoms with E-state index in [0.29, 0.717) is 13.0 Å². The highest BCUT2D eigenvalue weighted by Crippen LogP contribution is 2.13. The summed E-state index contributed by atoms with van der Waals surface area (Å²) in [6.45, 7) is 4.43. The van der Waals surface area contributed by atoms with Crippen molar-refractivity contribution in [2.24, 2.45) is 11.0 Å². The molecule has 8 heteroatoms.